The highest BCUT2D eigenvalue weighted by molar-refractivity contribution is 8.13. The Kier molecular flexibility index (Phi) is 15.4. The van der Waals surface area contributed by atoms with Crippen LogP contribution in [-0.2, 0) is 49.0 Å². The van der Waals surface area contributed by atoms with Gasteiger partial charge in [-0.3, -0.25) is 5.32 Å². The highest BCUT2D eigenvalue weighted by atomic mass is 32.3. The second-order valence-corrected chi connectivity index (χ2v) is 13.5. The molecule has 0 unspecified atom stereocenters. The number of alkyl halides is 6. The van der Waals surface area contributed by atoms with Crippen LogP contribution < -0.4 is 9.88 Å². The fraction of sp³-hybridized carbons (Fsp3) is 0.367. The van der Waals surface area contributed by atoms with Crippen LogP contribution in [0.2, 0.25) is 0 Å². The van der Waals surface area contributed by atoms with Crippen molar-refractivity contribution in [2.45, 2.75) is 63.0 Å². The maximum atomic E-state index is 12.2. The summed E-state index contributed by atoms with van der Waals surface area (Å²) in [7, 11) is -13.4. The van der Waals surface area contributed by atoms with Crippen LogP contribution in [0.4, 0.5) is 42.5 Å². The molecule has 0 atom stereocenters. The lowest BCUT2D eigenvalue weighted by atomic mass is 10.0. The first-order chi connectivity index (χ1) is 22.9. The van der Waals surface area contributed by atoms with Crippen LogP contribution in [0.15, 0.2) is 77.9 Å². The molecule has 2 aromatic carbocycles. The van der Waals surface area contributed by atoms with E-state index in [0.717, 1.165) is 28.1 Å². The molecule has 0 aliphatic heterocycles. The molecule has 0 aliphatic rings. The van der Waals surface area contributed by atoms with Gasteiger partial charge in [-0.15, -0.1) is 0 Å². The fourth-order valence-electron chi connectivity index (χ4n) is 3.98. The van der Waals surface area contributed by atoms with Crippen molar-refractivity contribution in [2.75, 3.05) is 11.9 Å². The predicted octanol–water partition coefficient (Wildman–Crippen LogP) is 6.96. The molecule has 1 heterocycles. The molecular weight excluding hydrogens is 706 g/mol. The highest BCUT2D eigenvalue weighted by Gasteiger charge is 2.46. The van der Waals surface area contributed by atoms with Gasteiger partial charge in [-0.1, -0.05) is 56.5 Å². The van der Waals surface area contributed by atoms with Crippen LogP contribution in [0, 0.1) is 0 Å². The van der Waals surface area contributed by atoms with E-state index in [-0.39, 0.29) is 0 Å². The van der Waals surface area contributed by atoms with Gasteiger partial charge in [0.15, 0.2) is 45.1 Å². The number of nitrogens with zero attached hydrogens (tertiary/aromatic N) is 3. The average molecular weight is 739 g/mol. The van der Waals surface area contributed by atoms with Gasteiger partial charge in [-0.25, -0.2) is 26.4 Å². The van der Waals surface area contributed by atoms with E-state index in [2.05, 4.69) is 33.9 Å². The first-order valence-corrected chi connectivity index (χ1v) is 17.3. The minimum absolute atomic E-state index is 0.310. The third-order valence-electron chi connectivity index (χ3n) is 6.39. The summed E-state index contributed by atoms with van der Waals surface area (Å²) >= 11 is 0. The first-order valence-electron chi connectivity index (χ1n) is 14.4. The Morgan fingerprint density at radius 1 is 0.857 bits per heavy atom. The minimum Gasteiger partial charge on any atom is -0.443 e. The predicted molar refractivity (Wildman–Crippen MR) is 166 cm³/mol. The number of aliphatic imine (C=N–C) groups is 1. The van der Waals surface area contributed by atoms with Gasteiger partial charge in [0, 0.05) is 24.2 Å². The van der Waals surface area contributed by atoms with E-state index >= 15 is 0 Å². The lowest BCUT2D eigenvalue weighted by Gasteiger charge is -2.22. The monoisotopic (exact) mass is 738 g/mol. The molecule has 49 heavy (non-hydrogen) atoms. The molecule has 0 fully saturated rings. The molecule has 1 N–H and O–H groups in total. The number of rotatable bonds is 14. The number of halogens is 6. The van der Waals surface area contributed by atoms with Crippen molar-refractivity contribution >= 4 is 43.6 Å². The number of carbonyl (C=O) groups is 1. The van der Waals surface area contributed by atoms with Gasteiger partial charge in [0.1, 0.15) is 0 Å². The molecule has 0 spiro atoms. The Bertz CT molecular complexity index is 1740. The van der Waals surface area contributed by atoms with E-state index in [4.69, 9.17) is 4.74 Å². The molecule has 0 saturated heterocycles. The number of isocyanates is 1. The molecule has 11 nitrogen and oxygen atoms in total. The van der Waals surface area contributed by atoms with Crippen molar-refractivity contribution in [3.8, 4) is 0 Å². The van der Waals surface area contributed by atoms with Crippen LogP contribution in [0.1, 0.15) is 49.4 Å². The Morgan fingerprint density at radius 3 is 1.96 bits per heavy atom. The van der Waals surface area contributed by atoms with E-state index in [1.54, 1.807) is 12.1 Å². The van der Waals surface area contributed by atoms with Crippen LogP contribution >= 0.6 is 0 Å². The molecule has 0 bridgehead atoms. The average Bonchev–Trinajstić information content (AvgIpc) is 3.01. The van der Waals surface area contributed by atoms with Gasteiger partial charge < -0.3 is 8.86 Å². The summed E-state index contributed by atoms with van der Waals surface area (Å²) in [4.78, 5) is 26.1. The molecule has 3 aromatic rings. The molecule has 0 saturated carbocycles. The second-order valence-electron chi connectivity index (χ2n) is 10.1. The number of aryl methyl sites for hydroxylation is 1. The first kappa shape index (κ1) is 40.9. The second kappa shape index (κ2) is 18.4. The van der Waals surface area contributed by atoms with Crippen molar-refractivity contribution in [1.82, 2.24) is 0 Å². The number of nitrogens with one attached hydrogen (secondary N) is 1. The number of amides is 1. The van der Waals surface area contributed by atoms with E-state index in [0.29, 0.717) is 24.5 Å². The third-order valence-corrected chi connectivity index (χ3v) is 9.13. The number of unbranched alkanes of at least 4 members (excludes halogenated alkanes) is 3. The zero-order valence-electron chi connectivity index (χ0n) is 25.9. The quantitative estimate of drug-likeness (QED) is 0.0617. The van der Waals surface area contributed by atoms with E-state index < -0.39 is 37.2 Å². The molecule has 268 valence electrons. The summed E-state index contributed by atoms with van der Waals surface area (Å²) in [5.41, 5.74) is -7.65. The fourth-order valence-corrected chi connectivity index (χ4v) is 5.69. The molecule has 1 aromatic heterocycles. The summed E-state index contributed by atoms with van der Waals surface area (Å²) in [5.74, 6) is 0. The standard InChI is InChI=1S/C28H31N3O3.C2F6NO4S2/c1-2-3-4-5-8-27-9-6-7-18-31(27)19-20-34-28(33)30-26-16-12-24(13-17-26)21-23-10-14-25(15-11-23)29-22-32;3-1(4,5)14(10,11)9-15(12,13)2(6,7)8/h6-7,9-18H,2-5,8,19-21H2,1H3;/q;-1/p+1. The normalized spacial score (nSPS) is 11.9. The summed E-state index contributed by atoms with van der Waals surface area (Å²) < 4.78 is 117. The minimum atomic E-state index is -6.72. The van der Waals surface area contributed by atoms with Gasteiger partial charge in [0.05, 0.1) is 5.69 Å². The number of sulfonamides is 2. The van der Waals surface area contributed by atoms with Crippen molar-refractivity contribution in [3.63, 3.8) is 0 Å². The van der Waals surface area contributed by atoms with Gasteiger partial charge in [-0.05, 0) is 48.2 Å². The summed E-state index contributed by atoms with van der Waals surface area (Å²) in [6, 6.07) is 21.3. The molecule has 1 amide bonds. The highest BCUT2D eigenvalue weighted by Crippen LogP contribution is 2.36. The molecule has 3 rings (SSSR count). The van der Waals surface area contributed by atoms with Crippen molar-refractivity contribution in [2.24, 2.45) is 4.99 Å². The van der Waals surface area contributed by atoms with Gasteiger partial charge in [0.25, 0.3) is 0 Å². The van der Waals surface area contributed by atoms with Gasteiger partial charge >= 0.3 is 17.1 Å². The third kappa shape index (κ3) is 14.0. The number of benzene rings is 2. The number of pyridine rings is 1. The van der Waals surface area contributed by atoms with Crippen LogP contribution in [0.25, 0.3) is 4.13 Å². The Labute approximate surface area is 279 Å². The Balaban J connectivity index is 0.000000469. The lowest BCUT2D eigenvalue weighted by Crippen LogP contribution is -2.40. The summed E-state index contributed by atoms with van der Waals surface area (Å²) in [6.45, 7) is 3.16. The molecule has 0 radical (unpaired) electrons. The van der Waals surface area contributed by atoms with E-state index in [1.807, 2.05) is 48.7 Å². The number of carbonyl (C=O) groups excluding carboxylic acids is 2. The van der Waals surface area contributed by atoms with E-state index in [9.17, 15) is 52.8 Å². The number of anilines is 1. The Morgan fingerprint density at radius 2 is 1.43 bits per heavy atom. The smallest absolute Gasteiger partial charge is 0.443 e. The number of hydrogen-bond acceptors (Lipinski definition) is 8. The van der Waals surface area contributed by atoms with Crippen LogP contribution in [0.5, 0.6) is 0 Å². The largest absolute Gasteiger partial charge is 0.480 e. The zero-order valence-corrected chi connectivity index (χ0v) is 27.5. The van der Waals surface area contributed by atoms with Crippen molar-refractivity contribution in [1.29, 1.82) is 0 Å². The lowest BCUT2D eigenvalue weighted by molar-refractivity contribution is -0.705. The summed E-state index contributed by atoms with van der Waals surface area (Å²) in [6.07, 6.45) is 9.81. The van der Waals surface area contributed by atoms with Crippen molar-refractivity contribution < 1.29 is 62.1 Å². The number of hydrogen-bond donors (Lipinski definition) is 1. The Hall–Kier alpha value is -4.32. The van der Waals surface area contributed by atoms with Crippen LogP contribution in [-0.4, -0.2) is 46.6 Å². The SMILES string of the molecule is CCCCCCc1cccc[n+]1CCOC(=O)Nc1ccc(Cc2ccc(N=C=O)cc2)cc1.O=S(=O)([N-]S(=O)(=O)C(F)(F)F)C(F)(F)F. The van der Waals surface area contributed by atoms with Gasteiger partial charge in [0.2, 0.25) is 6.08 Å². The van der Waals surface area contributed by atoms with Crippen molar-refractivity contribution in [3.05, 3.63) is 93.9 Å². The zero-order chi connectivity index (χ0) is 36.7. The van der Waals surface area contributed by atoms with Gasteiger partial charge in [-0.2, -0.15) is 35.9 Å². The molecule has 0 aliphatic carbocycles. The van der Waals surface area contributed by atoms with Crippen LogP contribution in [0.3, 0.4) is 0 Å². The number of aromatic nitrogens is 1. The molecular formula is C30H32F6N4O7S2. The number of ether oxygens (including phenoxy) is 1. The summed E-state index contributed by atoms with van der Waals surface area (Å²) in [5, 5.41) is 2.78. The maximum Gasteiger partial charge on any atom is 0.480 e. The maximum absolute atomic E-state index is 12.2. The molecule has 19 heteroatoms. The van der Waals surface area contributed by atoms with E-state index in [1.165, 1.54) is 37.5 Å². The topological polar surface area (TPSA) is 154 Å².